The fourth-order valence-corrected chi connectivity index (χ4v) is 2.93. The molecule has 0 bridgehead atoms. The zero-order valence-corrected chi connectivity index (χ0v) is 13.6. The highest BCUT2D eigenvalue weighted by Crippen LogP contribution is 2.40. The van der Waals surface area contributed by atoms with Crippen molar-refractivity contribution in [2.24, 2.45) is 0 Å². The maximum Gasteiger partial charge on any atom is 0.295 e. The van der Waals surface area contributed by atoms with Gasteiger partial charge in [0.25, 0.3) is 5.69 Å². The summed E-state index contributed by atoms with van der Waals surface area (Å²) in [4.78, 5) is 15.1. The van der Waals surface area contributed by atoms with Crippen molar-refractivity contribution in [1.29, 1.82) is 0 Å². The third-order valence-electron chi connectivity index (χ3n) is 3.81. The molecule has 1 aliphatic rings. The summed E-state index contributed by atoms with van der Waals surface area (Å²) in [6.45, 7) is 0.151. The summed E-state index contributed by atoms with van der Waals surface area (Å²) in [6.07, 6.45) is 3.58. The Morgan fingerprint density at radius 3 is 2.88 bits per heavy atom. The number of hydrogen-bond donors (Lipinski definition) is 0. The van der Waals surface area contributed by atoms with E-state index >= 15 is 0 Å². The number of benzene rings is 2. The number of hydrogen-bond acceptors (Lipinski definition) is 5. The average molecular weight is 355 g/mol. The summed E-state index contributed by atoms with van der Waals surface area (Å²) in [6, 6.07) is 12.1. The second kappa shape index (κ2) is 6.07. The van der Waals surface area contributed by atoms with Gasteiger partial charge in [0.05, 0.1) is 15.6 Å². The van der Waals surface area contributed by atoms with E-state index < -0.39 is 4.92 Å². The summed E-state index contributed by atoms with van der Waals surface area (Å²) in [5.74, 6) is 1.13. The highest BCUT2D eigenvalue weighted by Gasteiger charge is 2.17. The Labute approximate surface area is 147 Å². The molecule has 3 aromatic rings. The molecule has 0 aliphatic carbocycles. The summed E-state index contributed by atoms with van der Waals surface area (Å²) >= 11 is 6.16. The van der Waals surface area contributed by atoms with E-state index in [1.165, 1.54) is 6.07 Å². The Morgan fingerprint density at radius 1 is 1.16 bits per heavy atom. The lowest BCUT2D eigenvalue weighted by Gasteiger charge is -2.02. The van der Waals surface area contributed by atoms with Gasteiger partial charge in [-0.2, -0.15) is 0 Å². The normalized spacial score (nSPS) is 12.8. The Kier molecular flexibility index (Phi) is 3.74. The van der Waals surface area contributed by atoms with Crippen molar-refractivity contribution in [2.75, 3.05) is 6.79 Å². The molecule has 2 heterocycles. The molecule has 124 valence electrons. The number of rotatable bonds is 3. The first kappa shape index (κ1) is 15.4. The molecule has 4 rings (SSSR count). The number of pyridine rings is 1. The zero-order valence-electron chi connectivity index (χ0n) is 12.8. The number of non-ortho nitro benzene ring substituents is 1. The molecule has 2 aromatic carbocycles. The lowest BCUT2D eigenvalue weighted by molar-refractivity contribution is -0.383. The largest absolute Gasteiger partial charge is 0.454 e. The van der Waals surface area contributed by atoms with Crippen LogP contribution in [0.4, 0.5) is 5.69 Å². The second-order valence-electron chi connectivity index (χ2n) is 5.41. The van der Waals surface area contributed by atoms with Gasteiger partial charge in [-0.25, -0.2) is 4.98 Å². The third-order valence-corrected chi connectivity index (χ3v) is 4.09. The molecule has 0 spiro atoms. The van der Waals surface area contributed by atoms with E-state index in [1.807, 2.05) is 18.2 Å². The standard InChI is InChI=1S/C18H11ClN2O4/c19-14-8-11(9-16-18(14)25-10-24-16)4-6-13-7-5-12-2-1-3-15(21(22)23)17(12)20-13/h1-9H,10H2/b6-4+. The lowest BCUT2D eigenvalue weighted by Crippen LogP contribution is -1.93. The Balaban J connectivity index is 1.71. The number of nitrogens with zero attached hydrogens (tertiary/aromatic N) is 2. The molecule has 0 saturated carbocycles. The van der Waals surface area contributed by atoms with E-state index in [0.717, 1.165) is 10.9 Å². The number of para-hydroxylation sites is 1. The minimum atomic E-state index is -0.430. The predicted octanol–water partition coefficient (Wildman–Crippen LogP) is 4.70. The molecule has 0 unspecified atom stereocenters. The van der Waals surface area contributed by atoms with E-state index in [-0.39, 0.29) is 12.5 Å². The van der Waals surface area contributed by atoms with Crippen LogP contribution in [0.3, 0.4) is 0 Å². The van der Waals surface area contributed by atoms with E-state index in [9.17, 15) is 10.1 Å². The van der Waals surface area contributed by atoms with Crippen molar-refractivity contribution in [1.82, 2.24) is 4.98 Å². The first-order valence-electron chi connectivity index (χ1n) is 7.43. The molecule has 0 fully saturated rings. The SMILES string of the molecule is O=[N+]([O-])c1cccc2ccc(/C=C/c3cc(Cl)c4c(c3)OCO4)nc12. The van der Waals surface area contributed by atoms with E-state index in [1.54, 1.807) is 30.3 Å². The minimum absolute atomic E-state index is 0.0149. The van der Waals surface area contributed by atoms with Crippen molar-refractivity contribution < 1.29 is 14.4 Å². The van der Waals surface area contributed by atoms with Gasteiger partial charge in [0, 0.05) is 11.5 Å². The van der Waals surface area contributed by atoms with Gasteiger partial charge in [0.1, 0.15) is 5.52 Å². The van der Waals surface area contributed by atoms with E-state index in [4.69, 9.17) is 21.1 Å². The molecule has 1 aromatic heterocycles. The molecule has 0 amide bonds. The topological polar surface area (TPSA) is 74.5 Å². The molecule has 1 aliphatic heterocycles. The molecule has 25 heavy (non-hydrogen) atoms. The summed E-state index contributed by atoms with van der Waals surface area (Å²) in [5.41, 5.74) is 1.77. The Morgan fingerprint density at radius 2 is 2.04 bits per heavy atom. The van der Waals surface area contributed by atoms with Gasteiger partial charge in [0.2, 0.25) is 6.79 Å². The molecule has 0 atom stereocenters. The summed E-state index contributed by atoms with van der Waals surface area (Å²) in [7, 11) is 0. The molecule has 0 saturated heterocycles. The molecular weight excluding hydrogens is 344 g/mol. The van der Waals surface area contributed by atoms with Gasteiger partial charge in [-0.1, -0.05) is 35.9 Å². The number of nitro groups is 1. The molecule has 0 radical (unpaired) electrons. The lowest BCUT2D eigenvalue weighted by atomic mass is 10.1. The number of aromatic nitrogens is 1. The molecule has 7 heteroatoms. The fraction of sp³-hybridized carbons (Fsp3) is 0.0556. The van der Waals surface area contributed by atoms with Crippen LogP contribution in [0.15, 0.2) is 42.5 Å². The van der Waals surface area contributed by atoms with Gasteiger partial charge in [-0.3, -0.25) is 10.1 Å². The first-order chi connectivity index (χ1) is 12.1. The maximum atomic E-state index is 11.2. The van der Waals surface area contributed by atoms with Crippen molar-refractivity contribution in [3.63, 3.8) is 0 Å². The second-order valence-corrected chi connectivity index (χ2v) is 5.82. The third kappa shape index (κ3) is 2.88. The summed E-state index contributed by atoms with van der Waals surface area (Å²) in [5, 5.41) is 12.3. The minimum Gasteiger partial charge on any atom is -0.454 e. The van der Waals surface area contributed by atoms with Crippen LogP contribution >= 0.6 is 11.6 Å². The molecule has 0 N–H and O–H groups in total. The number of nitro benzene ring substituents is 1. The maximum absolute atomic E-state index is 11.2. The van der Waals surface area contributed by atoms with E-state index in [0.29, 0.717) is 27.7 Å². The number of ether oxygens (including phenoxy) is 2. The molecular formula is C18H11ClN2O4. The van der Waals surface area contributed by atoms with Gasteiger partial charge in [-0.15, -0.1) is 0 Å². The van der Waals surface area contributed by atoms with Crippen LogP contribution in [0.1, 0.15) is 11.3 Å². The van der Waals surface area contributed by atoms with Gasteiger partial charge in [0.15, 0.2) is 11.5 Å². The van der Waals surface area contributed by atoms with Crippen molar-refractivity contribution in [3.8, 4) is 11.5 Å². The van der Waals surface area contributed by atoms with Crippen LogP contribution in [0, 0.1) is 10.1 Å². The molecule has 6 nitrogen and oxygen atoms in total. The smallest absolute Gasteiger partial charge is 0.295 e. The average Bonchev–Trinajstić information content (AvgIpc) is 3.08. The van der Waals surface area contributed by atoms with Crippen LogP contribution in [0.2, 0.25) is 5.02 Å². The van der Waals surface area contributed by atoms with Crippen molar-refractivity contribution in [3.05, 3.63) is 68.9 Å². The monoisotopic (exact) mass is 354 g/mol. The van der Waals surface area contributed by atoms with Crippen LogP contribution < -0.4 is 9.47 Å². The zero-order chi connectivity index (χ0) is 17.4. The predicted molar refractivity (Wildman–Crippen MR) is 94.9 cm³/mol. The Hall–Kier alpha value is -3.12. The van der Waals surface area contributed by atoms with Gasteiger partial charge >= 0.3 is 0 Å². The fourth-order valence-electron chi connectivity index (χ4n) is 2.65. The number of fused-ring (bicyclic) bond motifs is 2. The highest BCUT2D eigenvalue weighted by atomic mass is 35.5. The van der Waals surface area contributed by atoms with Gasteiger partial charge < -0.3 is 9.47 Å². The van der Waals surface area contributed by atoms with Gasteiger partial charge in [-0.05, 0) is 29.8 Å². The highest BCUT2D eigenvalue weighted by molar-refractivity contribution is 6.32. The van der Waals surface area contributed by atoms with Crippen LogP contribution in [0.25, 0.3) is 23.1 Å². The number of halogens is 1. The van der Waals surface area contributed by atoms with Crippen molar-refractivity contribution in [2.45, 2.75) is 0 Å². The first-order valence-corrected chi connectivity index (χ1v) is 7.81. The van der Waals surface area contributed by atoms with Crippen LogP contribution in [0.5, 0.6) is 11.5 Å². The van der Waals surface area contributed by atoms with E-state index in [2.05, 4.69) is 4.98 Å². The Bertz CT molecular complexity index is 1030. The summed E-state index contributed by atoms with van der Waals surface area (Å²) < 4.78 is 10.6. The quantitative estimate of drug-likeness (QED) is 0.503. The van der Waals surface area contributed by atoms with Crippen molar-refractivity contribution >= 4 is 40.3 Å². The van der Waals surface area contributed by atoms with Crippen LogP contribution in [-0.2, 0) is 0 Å². The van der Waals surface area contributed by atoms with Crippen LogP contribution in [-0.4, -0.2) is 16.7 Å².